The zero-order valence-electron chi connectivity index (χ0n) is 11.6. The molecule has 1 rings (SSSR count). The van der Waals surface area contributed by atoms with Gasteiger partial charge in [0, 0.05) is 17.3 Å². The third-order valence-electron chi connectivity index (χ3n) is 3.74. The van der Waals surface area contributed by atoms with E-state index in [1.165, 1.54) is 0 Å². The van der Waals surface area contributed by atoms with E-state index < -0.39 is 5.41 Å². The van der Waals surface area contributed by atoms with Crippen molar-refractivity contribution in [2.24, 2.45) is 11.1 Å². The first kappa shape index (κ1) is 18.2. The SMILES string of the molecule is CCC(CC)(CN)C(=O)Nc1cccc(Cl)c1C.Cl. The molecule has 0 aliphatic carbocycles. The largest absolute Gasteiger partial charge is 0.329 e. The van der Waals surface area contributed by atoms with Crippen LogP contribution in [0.5, 0.6) is 0 Å². The molecule has 0 aliphatic heterocycles. The molecule has 0 fully saturated rings. The Bertz CT molecular complexity index is 423. The van der Waals surface area contributed by atoms with Crippen LogP contribution in [0.1, 0.15) is 32.3 Å². The molecule has 3 nitrogen and oxygen atoms in total. The third-order valence-corrected chi connectivity index (χ3v) is 4.15. The summed E-state index contributed by atoms with van der Waals surface area (Å²) >= 11 is 6.04. The van der Waals surface area contributed by atoms with Crippen LogP contribution in [0.2, 0.25) is 5.02 Å². The molecule has 3 N–H and O–H groups in total. The van der Waals surface area contributed by atoms with Crippen molar-refractivity contribution in [3.05, 3.63) is 28.8 Å². The first-order valence-electron chi connectivity index (χ1n) is 6.27. The van der Waals surface area contributed by atoms with Crippen molar-refractivity contribution in [1.82, 2.24) is 0 Å². The lowest BCUT2D eigenvalue weighted by Crippen LogP contribution is -2.41. The lowest BCUT2D eigenvalue weighted by molar-refractivity contribution is -0.125. The van der Waals surface area contributed by atoms with Crippen LogP contribution in [-0.2, 0) is 4.79 Å². The van der Waals surface area contributed by atoms with E-state index >= 15 is 0 Å². The Morgan fingerprint density at radius 3 is 2.42 bits per heavy atom. The quantitative estimate of drug-likeness (QED) is 0.870. The highest BCUT2D eigenvalue weighted by Crippen LogP contribution is 2.29. The van der Waals surface area contributed by atoms with Crippen molar-refractivity contribution in [3.8, 4) is 0 Å². The van der Waals surface area contributed by atoms with Crippen LogP contribution in [0.15, 0.2) is 18.2 Å². The number of benzene rings is 1. The number of nitrogens with one attached hydrogen (secondary N) is 1. The molecular formula is C14H22Cl2N2O. The minimum absolute atomic E-state index is 0. The van der Waals surface area contributed by atoms with Crippen molar-refractivity contribution in [1.29, 1.82) is 0 Å². The Balaban J connectivity index is 0.00000324. The summed E-state index contributed by atoms with van der Waals surface area (Å²) in [4.78, 5) is 12.4. The number of carbonyl (C=O) groups is 1. The van der Waals surface area contributed by atoms with Crippen molar-refractivity contribution in [3.63, 3.8) is 0 Å². The van der Waals surface area contributed by atoms with Gasteiger partial charge in [0.15, 0.2) is 0 Å². The molecule has 19 heavy (non-hydrogen) atoms. The van der Waals surface area contributed by atoms with E-state index in [4.69, 9.17) is 17.3 Å². The van der Waals surface area contributed by atoms with Gasteiger partial charge in [0.25, 0.3) is 0 Å². The Labute approximate surface area is 126 Å². The van der Waals surface area contributed by atoms with Crippen LogP contribution in [0, 0.1) is 12.3 Å². The van der Waals surface area contributed by atoms with Crippen LogP contribution in [0.25, 0.3) is 0 Å². The Morgan fingerprint density at radius 1 is 1.37 bits per heavy atom. The maximum absolute atomic E-state index is 12.4. The number of hydrogen-bond acceptors (Lipinski definition) is 2. The van der Waals surface area contributed by atoms with Gasteiger partial charge in [0.2, 0.25) is 5.91 Å². The zero-order valence-corrected chi connectivity index (χ0v) is 13.2. The van der Waals surface area contributed by atoms with E-state index in [1.54, 1.807) is 0 Å². The van der Waals surface area contributed by atoms with Crippen molar-refractivity contribution in [2.75, 3.05) is 11.9 Å². The maximum atomic E-state index is 12.4. The minimum Gasteiger partial charge on any atom is -0.329 e. The lowest BCUT2D eigenvalue weighted by Gasteiger charge is -2.28. The van der Waals surface area contributed by atoms with Gasteiger partial charge in [-0.3, -0.25) is 4.79 Å². The van der Waals surface area contributed by atoms with E-state index in [9.17, 15) is 4.79 Å². The minimum atomic E-state index is -0.491. The Hall–Kier alpha value is -0.770. The molecule has 5 heteroatoms. The standard InChI is InChI=1S/C14H21ClN2O.ClH/c1-4-14(5-2,9-16)13(18)17-12-8-6-7-11(15)10(12)3;/h6-8H,4-5,9,16H2,1-3H3,(H,17,18);1H. The smallest absolute Gasteiger partial charge is 0.231 e. The van der Waals surface area contributed by atoms with E-state index in [-0.39, 0.29) is 18.3 Å². The fraction of sp³-hybridized carbons (Fsp3) is 0.500. The first-order valence-corrected chi connectivity index (χ1v) is 6.65. The number of rotatable bonds is 5. The normalized spacial score (nSPS) is 10.8. The molecule has 1 amide bonds. The molecule has 0 heterocycles. The molecule has 0 unspecified atom stereocenters. The Kier molecular flexibility index (Phi) is 7.42. The number of amides is 1. The summed E-state index contributed by atoms with van der Waals surface area (Å²) in [6.07, 6.45) is 1.46. The number of nitrogens with two attached hydrogens (primary N) is 1. The fourth-order valence-corrected chi connectivity index (χ4v) is 2.12. The molecule has 0 saturated carbocycles. The molecule has 1 aromatic carbocycles. The molecule has 0 aliphatic rings. The van der Waals surface area contributed by atoms with Gasteiger partial charge in [-0.1, -0.05) is 31.5 Å². The highest BCUT2D eigenvalue weighted by molar-refractivity contribution is 6.31. The molecule has 0 spiro atoms. The summed E-state index contributed by atoms with van der Waals surface area (Å²) in [5.41, 5.74) is 6.91. The predicted molar refractivity (Wildman–Crippen MR) is 84.1 cm³/mol. The number of anilines is 1. The van der Waals surface area contributed by atoms with Crippen LogP contribution >= 0.6 is 24.0 Å². The van der Waals surface area contributed by atoms with Gasteiger partial charge >= 0.3 is 0 Å². The van der Waals surface area contributed by atoms with Crippen LogP contribution in [0.3, 0.4) is 0 Å². The number of halogens is 2. The molecule has 1 aromatic rings. The van der Waals surface area contributed by atoms with Crippen molar-refractivity contribution < 1.29 is 4.79 Å². The van der Waals surface area contributed by atoms with Gasteiger partial charge < -0.3 is 11.1 Å². The van der Waals surface area contributed by atoms with E-state index in [1.807, 2.05) is 39.0 Å². The zero-order chi connectivity index (χ0) is 13.8. The Morgan fingerprint density at radius 2 is 1.95 bits per heavy atom. The summed E-state index contributed by atoms with van der Waals surface area (Å²) in [7, 11) is 0. The fourth-order valence-electron chi connectivity index (χ4n) is 1.95. The second-order valence-corrected chi connectivity index (χ2v) is 4.97. The molecular weight excluding hydrogens is 283 g/mol. The van der Waals surface area contributed by atoms with Crippen molar-refractivity contribution in [2.45, 2.75) is 33.6 Å². The molecule has 0 bridgehead atoms. The second-order valence-electron chi connectivity index (χ2n) is 4.56. The van der Waals surface area contributed by atoms with E-state index in [0.29, 0.717) is 11.6 Å². The number of hydrogen-bond donors (Lipinski definition) is 2. The van der Waals surface area contributed by atoms with Crippen molar-refractivity contribution >= 4 is 35.6 Å². The highest BCUT2D eigenvalue weighted by Gasteiger charge is 2.33. The summed E-state index contributed by atoms with van der Waals surface area (Å²) < 4.78 is 0. The van der Waals surface area contributed by atoms with Gasteiger partial charge in [-0.05, 0) is 37.5 Å². The van der Waals surface area contributed by atoms with Gasteiger partial charge in [0.05, 0.1) is 5.41 Å². The predicted octanol–water partition coefficient (Wildman–Crippen LogP) is 3.77. The molecule has 0 atom stereocenters. The van der Waals surface area contributed by atoms with Crippen LogP contribution in [0.4, 0.5) is 5.69 Å². The van der Waals surface area contributed by atoms with Gasteiger partial charge in [0.1, 0.15) is 0 Å². The van der Waals surface area contributed by atoms with Gasteiger partial charge in [-0.15, -0.1) is 12.4 Å². The average molecular weight is 305 g/mol. The summed E-state index contributed by atoms with van der Waals surface area (Å²) in [6.45, 7) is 6.22. The van der Waals surface area contributed by atoms with Gasteiger partial charge in [-0.2, -0.15) is 0 Å². The van der Waals surface area contributed by atoms with Crippen LogP contribution < -0.4 is 11.1 Å². The molecule has 0 saturated heterocycles. The summed E-state index contributed by atoms with van der Waals surface area (Å²) in [6, 6.07) is 5.49. The van der Waals surface area contributed by atoms with Gasteiger partial charge in [-0.25, -0.2) is 0 Å². The lowest BCUT2D eigenvalue weighted by atomic mass is 9.81. The summed E-state index contributed by atoms with van der Waals surface area (Å²) in [5, 5.41) is 3.59. The van der Waals surface area contributed by atoms with E-state index in [2.05, 4.69) is 5.32 Å². The maximum Gasteiger partial charge on any atom is 0.231 e. The number of carbonyl (C=O) groups excluding carboxylic acids is 1. The molecule has 108 valence electrons. The first-order chi connectivity index (χ1) is 8.50. The molecule has 0 aromatic heterocycles. The highest BCUT2D eigenvalue weighted by atomic mass is 35.5. The van der Waals surface area contributed by atoms with Crippen LogP contribution in [-0.4, -0.2) is 12.5 Å². The summed E-state index contributed by atoms with van der Waals surface area (Å²) in [5.74, 6) is -0.0274. The average Bonchev–Trinajstić information content (AvgIpc) is 2.38. The third kappa shape index (κ3) is 3.85. The monoisotopic (exact) mass is 304 g/mol. The molecule has 0 radical (unpaired) electrons. The van der Waals surface area contributed by atoms with E-state index in [0.717, 1.165) is 24.1 Å². The second kappa shape index (κ2) is 7.73. The topological polar surface area (TPSA) is 55.1 Å².